The van der Waals surface area contributed by atoms with E-state index in [-0.39, 0.29) is 25.0 Å². The van der Waals surface area contributed by atoms with Crippen molar-refractivity contribution in [2.75, 3.05) is 20.3 Å². The van der Waals surface area contributed by atoms with Crippen molar-refractivity contribution in [2.24, 2.45) is 0 Å². The second-order valence-electron chi connectivity index (χ2n) is 7.18. The van der Waals surface area contributed by atoms with Crippen LogP contribution in [-0.4, -0.2) is 42.8 Å². The highest BCUT2D eigenvalue weighted by atomic mass is 16.5. The van der Waals surface area contributed by atoms with Gasteiger partial charge in [-0.05, 0) is 30.0 Å². The number of methoxy groups -OCH3 is 1. The molecule has 0 radical (unpaired) electrons. The number of carboxylic acids is 1. The molecule has 6 heteroatoms. The summed E-state index contributed by atoms with van der Waals surface area (Å²) in [6.45, 7) is 7.90. The van der Waals surface area contributed by atoms with Gasteiger partial charge in [-0.1, -0.05) is 32.9 Å². The highest BCUT2D eigenvalue weighted by molar-refractivity contribution is 5.79. The Balaban J connectivity index is 2.60. The molecule has 1 aromatic rings. The van der Waals surface area contributed by atoms with Crippen LogP contribution in [0.1, 0.15) is 39.7 Å². The van der Waals surface area contributed by atoms with Gasteiger partial charge in [0.15, 0.2) is 6.61 Å². The molecule has 0 saturated heterocycles. The molecule has 1 unspecified atom stereocenters. The quantitative estimate of drug-likeness (QED) is 0.761. The van der Waals surface area contributed by atoms with Gasteiger partial charge in [0.1, 0.15) is 5.75 Å². The van der Waals surface area contributed by atoms with Crippen LogP contribution in [0.15, 0.2) is 24.3 Å². The Hall–Kier alpha value is -2.08. The zero-order valence-electron chi connectivity index (χ0n) is 15.0. The summed E-state index contributed by atoms with van der Waals surface area (Å²) in [5.74, 6) is -0.811. The van der Waals surface area contributed by atoms with Crippen LogP contribution in [0.3, 0.4) is 0 Å². The molecule has 1 amide bonds. The Bertz CT molecular complexity index is 562. The van der Waals surface area contributed by atoms with E-state index in [1.54, 1.807) is 6.92 Å². The van der Waals surface area contributed by atoms with Crippen molar-refractivity contribution in [1.29, 1.82) is 0 Å². The lowest BCUT2D eigenvalue weighted by molar-refractivity contribution is -0.139. The molecule has 0 aliphatic rings. The molecular formula is C18H27NO5. The number of amides is 1. The average molecular weight is 337 g/mol. The second kappa shape index (κ2) is 8.15. The van der Waals surface area contributed by atoms with Crippen molar-refractivity contribution in [2.45, 2.75) is 45.1 Å². The van der Waals surface area contributed by atoms with E-state index < -0.39 is 17.4 Å². The SMILES string of the molecule is COCC(C)(CC(=O)O)NC(=O)COc1ccc(C(C)(C)C)cc1. The maximum absolute atomic E-state index is 12.0. The monoisotopic (exact) mass is 337 g/mol. The predicted molar refractivity (Wildman–Crippen MR) is 91.3 cm³/mol. The van der Waals surface area contributed by atoms with Gasteiger partial charge in [0.25, 0.3) is 5.91 Å². The summed E-state index contributed by atoms with van der Waals surface area (Å²) in [5.41, 5.74) is 0.250. The number of hydrogen-bond donors (Lipinski definition) is 2. The first-order chi connectivity index (χ1) is 11.1. The zero-order chi connectivity index (χ0) is 18.4. The van der Waals surface area contributed by atoms with Crippen molar-refractivity contribution in [3.63, 3.8) is 0 Å². The Labute approximate surface area is 143 Å². The molecule has 1 rings (SSSR count). The van der Waals surface area contributed by atoms with Gasteiger partial charge >= 0.3 is 5.97 Å². The van der Waals surface area contributed by atoms with Crippen molar-refractivity contribution in [1.82, 2.24) is 5.32 Å². The number of benzene rings is 1. The van der Waals surface area contributed by atoms with Gasteiger partial charge in [0.05, 0.1) is 18.6 Å². The zero-order valence-corrected chi connectivity index (χ0v) is 15.0. The van der Waals surface area contributed by atoms with Gasteiger partial charge < -0.3 is 19.9 Å². The van der Waals surface area contributed by atoms with E-state index in [0.29, 0.717) is 5.75 Å². The van der Waals surface area contributed by atoms with Crippen LogP contribution in [0.5, 0.6) is 5.75 Å². The normalized spacial score (nSPS) is 13.9. The van der Waals surface area contributed by atoms with Crippen LogP contribution in [0.25, 0.3) is 0 Å². The van der Waals surface area contributed by atoms with E-state index in [0.717, 1.165) is 0 Å². The molecule has 0 saturated carbocycles. The van der Waals surface area contributed by atoms with Crippen LogP contribution in [0.2, 0.25) is 0 Å². The Morgan fingerprint density at radius 3 is 2.17 bits per heavy atom. The number of hydrogen-bond acceptors (Lipinski definition) is 4. The number of carbonyl (C=O) groups excluding carboxylic acids is 1. The van der Waals surface area contributed by atoms with Crippen LogP contribution in [0, 0.1) is 0 Å². The average Bonchev–Trinajstić information content (AvgIpc) is 2.43. The van der Waals surface area contributed by atoms with E-state index in [1.165, 1.54) is 12.7 Å². The second-order valence-corrected chi connectivity index (χ2v) is 7.18. The molecule has 1 atom stereocenters. The van der Waals surface area contributed by atoms with E-state index in [2.05, 4.69) is 26.1 Å². The molecule has 0 bridgehead atoms. The van der Waals surface area contributed by atoms with Gasteiger partial charge in [-0.25, -0.2) is 0 Å². The molecule has 0 spiro atoms. The van der Waals surface area contributed by atoms with E-state index in [1.807, 2.05) is 24.3 Å². The summed E-state index contributed by atoms with van der Waals surface area (Å²) in [5, 5.41) is 11.6. The summed E-state index contributed by atoms with van der Waals surface area (Å²) < 4.78 is 10.5. The fourth-order valence-corrected chi connectivity index (χ4v) is 2.36. The molecule has 0 heterocycles. The number of carboxylic acid groups (broad SMARTS) is 1. The van der Waals surface area contributed by atoms with Crippen LogP contribution in [0.4, 0.5) is 0 Å². The smallest absolute Gasteiger partial charge is 0.305 e. The van der Waals surface area contributed by atoms with Gasteiger partial charge in [0, 0.05) is 7.11 Å². The summed E-state index contributed by atoms with van der Waals surface area (Å²) >= 11 is 0. The number of aliphatic carboxylic acids is 1. The van der Waals surface area contributed by atoms with Crippen molar-refractivity contribution < 1.29 is 24.2 Å². The summed E-state index contributed by atoms with van der Waals surface area (Å²) in [4.78, 5) is 23.0. The first-order valence-electron chi connectivity index (χ1n) is 7.81. The third-order valence-electron chi connectivity index (χ3n) is 3.54. The number of nitrogens with one attached hydrogen (secondary N) is 1. The molecule has 6 nitrogen and oxygen atoms in total. The van der Waals surface area contributed by atoms with Crippen LogP contribution >= 0.6 is 0 Å². The Morgan fingerprint density at radius 1 is 1.12 bits per heavy atom. The van der Waals surface area contributed by atoms with Gasteiger partial charge in [-0.15, -0.1) is 0 Å². The fraction of sp³-hybridized carbons (Fsp3) is 0.556. The molecule has 0 fully saturated rings. The highest BCUT2D eigenvalue weighted by Crippen LogP contribution is 2.24. The molecular weight excluding hydrogens is 310 g/mol. The third-order valence-corrected chi connectivity index (χ3v) is 3.54. The standard InChI is InChI=1S/C18H27NO5/c1-17(2,3)13-6-8-14(9-7-13)24-11-15(20)19-18(4,12-23-5)10-16(21)22/h6-9H,10-12H2,1-5H3,(H,19,20)(H,21,22). The number of rotatable bonds is 8. The maximum Gasteiger partial charge on any atom is 0.305 e. The maximum atomic E-state index is 12.0. The van der Waals surface area contributed by atoms with Crippen LogP contribution in [-0.2, 0) is 19.7 Å². The van der Waals surface area contributed by atoms with Gasteiger partial charge in [-0.2, -0.15) is 0 Å². The van der Waals surface area contributed by atoms with Gasteiger partial charge in [-0.3, -0.25) is 9.59 Å². The third kappa shape index (κ3) is 6.58. The molecule has 0 aromatic heterocycles. The van der Waals surface area contributed by atoms with Crippen molar-refractivity contribution in [3.8, 4) is 5.75 Å². The summed E-state index contributed by atoms with van der Waals surface area (Å²) in [7, 11) is 1.46. The first-order valence-corrected chi connectivity index (χ1v) is 7.81. The topological polar surface area (TPSA) is 84.9 Å². The predicted octanol–water partition coefficient (Wildman–Crippen LogP) is 2.36. The molecule has 2 N–H and O–H groups in total. The van der Waals surface area contributed by atoms with E-state index >= 15 is 0 Å². The number of ether oxygens (including phenoxy) is 2. The minimum absolute atomic E-state index is 0.0503. The lowest BCUT2D eigenvalue weighted by Gasteiger charge is -2.28. The van der Waals surface area contributed by atoms with E-state index in [9.17, 15) is 9.59 Å². The minimum atomic E-state index is -1.01. The van der Waals surface area contributed by atoms with Crippen molar-refractivity contribution in [3.05, 3.63) is 29.8 Å². The largest absolute Gasteiger partial charge is 0.484 e. The fourth-order valence-electron chi connectivity index (χ4n) is 2.36. The molecule has 24 heavy (non-hydrogen) atoms. The molecule has 134 valence electrons. The summed E-state index contributed by atoms with van der Waals surface area (Å²) in [6.07, 6.45) is -0.229. The molecule has 1 aromatic carbocycles. The molecule has 0 aliphatic carbocycles. The highest BCUT2D eigenvalue weighted by Gasteiger charge is 2.29. The Kier molecular flexibility index (Phi) is 6.78. The van der Waals surface area contributed by atoms with Gasteiger partial charge in [0.2, 0.25) is 0 Å². The molecule has 0 aliphatic heterocycles. The minimum Gasteiger partial charge on any atom is -0.484 e. The first kappa shape index (κ1) is 20.0. The number of carbonyl (C=O) groups is 2. The Morgan fingerprint density at radius 2 is 1.71 bits per heavy atom. The van der Waals surface area contributed by atoms with Crippen molar-refractivity contribution >= 4 is 11.9 Å². The van der Waals surface area contributed by atoms with E-state index in [4.69, 9.17) is 14.6 Å². The van der Waals surface area contributed by atoms with Crippen LogP contribution < -0.4 is 10.1 Å². The lowest BCUT2D eigenvalue weighted by atomic mass is 9.87. The lowest BCUT2D eigenvalue weighted by Crippen LogP contribution is -2.52. The summed E-state index contributed by atoms with van der Waals surface area (Å²) in [6, 6.07) is 7.57.